The summed E-state index contributed by atoms with van der Waals surface area (Å²) in [5.74, 6) is 0.615. The SMILES string of the molecule is COc1ccc(-c2cnc3[nH]ccc3c2)cn1. The van der Waals surface area contributed by atoms with Gasteiger partial charge in [0.25, 0.3) is 0 Å². The molecule has 0 spiro atoms. The van der Waals surface area contributed by atoms with Crippen LogP contribution in [0.4, 0.5) is 0 Å². The van der Waals surface area contributed by atoms with Gasteiger partial charge in [-0.25, -0.2) is 9.97 Å². The second kappa shape index (κ2) is 3.90. The molecule has 0 radical (unpaired) electrons. The van der Waals surface area contributed by atoms with E-state index in [1.165, 1.54) is 0 Å². The summed E-state index contributed by atoms with van der Waals surface area (Å²) >= 11 is 0. The molecule has 0 atom stereocenters. The number of hydrogen-bond donors (Lipinski definition) is 1. The van der Waals surface area contributed by atoms with Gasteiger partial charge in [-0.3, -0.25) is 0 Å². The molecule has 17 heavy (non-hydrogen) atoms. The number of fused-ring (bicyclic) bond motifs is 1. The van der Waals surface area contributed by atoms with Gasteiger partial charge < -0.3 is 9.72 Å². The first-order valence-corrected chi connectivity index (χ1v) is 5.30. The first-order chi connectivity index (χ1) is 8.36. The lowest BCUT2D eigenvalue weighted by Crippen LogP contribution is -1.87. The van der Waals surface area contributed by atoms with Crippen molar-refractivity contribution < 1.29 is 4.74 Å². The van der Waals surface area contributed by atoms with E-state index in [0.717, 1.165) is 22.2 Å². The molecular formula is C13H11N3O. The molecule has 84 valence electrons. The maximum Gasteiger partial charge on any atom is 0.212 e. The molecule has 3 aromatic heterocycles. The van der Waals surface area contributed by atoms with E-state index in [0.29, 0.717) is 5.88 Å². The fourth-order valence-electron chi connectivity index (χ4n) is 1.77. The molecule has 0 unspecified atom stereocenters. The summed E-state index contributed by atoms with van der Waals surface area (Å²) in [5, 5.41) is 1.10. The number of nitrogens with zero attached hydrogens (tertiary/aromatic N) is 2. The molecule has 0 saturated heterocycles. The van der Waals surface area contributed by atoms with Crippen molar-refractivity contribution in [1.82, 2.24) is 15.0 Å². The van der Waals surface area contributed by atoms with Gasteiger partial charge in [-0.15, -0.1) is 0 Å². The Bertz CT molecular complexity index is 643. The smallest absolute Gasteiger partial charge is 0.212 e. The molecule has 3 heterocycles. The number of H-pyrrole nitrogens is 1. The minimum Gasteiger partial charge on any atom is -0.481 e. The number of aromatic nitrogens is 3. The summed E-state index contributed by atoms with van der Waals surface area (Å²) in [6, 6.07) is 7.91. The van der Waals surface area contributed by atoms with Crippen molar-refractivity contribution in [2.24, 2.45) is 0 Å². The molecule has 0 aliphatic heterocycles. The Kier molecular flexibility index (Phi) is 2.26. The van der Waals surface area contributed by atoms with Gasteiger partial charge in [0.2, 0.25) is 5.88 Å². The molecule has 0 amide bonds. The molecule has 0 saturated carbocycles. The summed E-state index contributed by atoms with van der Waals surface area (Å²) in [7, 11) is 1.61. The van der Waals surface area contributed by atoms with Crippen molar-refractivity contribution in [2.45, 2.75) is 0 Å². The third kappa shape index (κ3) is 1.73. The minimum atomic E-state index is 0.615. The Morgan fingerprint density at radius 1 is 1.06 bits per heavy atom. The van der Waals surface area contributed by atoms with Crippen molar-refractivity contribution in [2.75, 3.05) is 7.11 Å². The molecule has 0 aliphatic carbocycles. The van der Waals surface area contributed by atoms with Gasteiger partial charge in [0.05, 0.1) is 7.11 Å². The number of hydrogen-bond acceptors (Lipinski definition) is 3. The maximum absolute atomic E-state index is 5.03. The Morgan fingerprint density at radius 2 is 1.94 bits per heavy atom. The first kappa shape index (κ1) is 9.84. The molecule has 3 rings (SSSR count). The second-order valence-electron chi connectivity index (χ2n) is 3.73. The molecule has 0 aromatic carbocycles. The summed E-state index contributed by atoms with van der Waals surface area (Å²) in [6.07, 6.45) is 5.50. The molecular weight excluding hydrogens is 214 g/mol. The topological polar surface area (TPSA) is 50.8 Å². The lowest BCUT2D eigenvalue weighted by Gasteiger charge is -2.02. The van der Waals surface area contributed by atoms with Gasteiger partial charge >= 0.3 is 0 Å². The van der Waals surface area contributed by atoms with Crippen LogP contribution >= 0.6 is 0 Å². The summed E-state index contributed by atoms with van der Waals surface area (Å²) < 4.78 is 5.03. The van der Waals surface area contributed by atoms with E-state index < -0.39 is 0 Å². The highest BCUT2D eigenvalue weighted by Gasteiger charge is 2.02. The van der Waals surface area contributed by atoms with Crippen LogP contribution in [0, 0.1) is 0 Å². The number of pyridine rings is 2. The quantitative estimate of drug-likeness (QED) is 0.729. The number of aromatic amines is 1. The van der Waals surface area contributed by atoms with E-state index in [1.54, 1.807) is 13.3 Å². The van der Waals surface area contributed by atoms with Crippen molar-refractivity contribution in [3.8, 4) is 17.0 Å². The van der Waals surface area contributed by atoms with E-state index in [2.05, 4.69) is 21.0 Å². The summed E-state index contributed by atoms with van der Waals surface area (Å²) in [6.45, 7) is 0. The average molecular weight is 225 g/mol. The number of rotatable bonds is 2. The zero-order chi connectivity index (χ0) is 11.7. The van der Waals surface area contributed by atoms with Crippen molar-refractivity contribution in [3.05, 3.63) is 42.9 Å². The van der Waals surface area contributed by atoms with Gasteiger partial charge in [0.15, 0.2) is 0 Å². The van der Waals surface area contributed by atoms with E-state index in [1.807, 2.05) is 30.6 Å². The van der Waals surface area contributed by atoms with Crippen LogP contribution in [-0.2, 0) is 0 Å². The van der Waals surface area contributed by atoms with Crippen LogP contribution in [0.2, 0.25) is 0 Å². The highest BCUT2D eigenvalue weighted by atomic mass is 16.5. The van der Waals surface area contributed by atoms with E-state index in [9.17, 15) is 0 Å². The fraction of sp³-hybridized carbons (Fsp3) is 0.0769. The number of nitrogens with one attached hydrogen (secondary N) is 1. The van der Waals surface area contributed by atoms with Crippen LogP contribution in [0.25, 0.3) is 22.2 Å². The molecule has 4 nitrogen and oxygen atoms in total. The third-order valence-electron chi connectivity index (χ3n) is 2.68. The van der Waals surface area contributed by atoms with Gasteiger partial charge in [-0.05, 0) is 18.2 Å². The van der Waals surface area contributed by atoms with Crippen LogP contribution in [0.15, 0.2) is 42.9 Å². The zero-order valence-corrected chi connectivity index (χ0v) is 9.34. The maximum atomic E-state index is 5.03. The average Bonchev–Trinajstić information content (AvgIpc) is 2.86. The van der Waals surface area contributed by atoms with Crippen LogP contribution in [0.3, 0.4) is 0 Å². The van der Waals surface area contributed by atoms with Crippen molar-refractivity contribution in [3.63, 3.8) is 0 Å². The molecule has 3 aromatic rings. The monoisotopic (exact) mass is 225 g/mol. The number of methoxy groups -OCH3 is 1. The zero-order valence-electron chi connectivity index (χ0n) is 9.34. The van der Waals surface area contributed by atoms with E-state index >= 15 is 0 Å². The van der Waals surface area contributed by atoms with Gasteiger partial charge in [-0.1, -0.05) is 0 Å². The lowest BCUT2D eigenvalue weighted by molar-refractivity contribution is 0.398. The fourth-order valence-corrected chi connectivity index (χ4v) is 1.77. The lowest BCUT2D eigenvalue weighted by atomic mass is 10.1. The minimum absolute atomic E-state index is 0.615. The Labute approximate surface area is 98.3 Å². The van der Waals surface area contributed by atoms with Crippen LogP contribution in [0.1, 0.15) is 0 Å². The highest BCUT2D eigenvalue weighted by molar-refractivity contribution is 5.81. The third-order valence-corrected chi connectivity index (χ3v) is 2.68. The van der Waals surface area contributed by atoms with Crippen molar-refractivity contribution >= 4 is 11.0 Å². The number of ether oxygens (including phenoxy) is 1. The molecule has 0 bridgehead atoms. The normalized spacial score (nSPS) is 10.6. The standard InChI is InChI=1S/C13H11N3O/c1-17-12-3-2-10(7-15-12)11-6-9-4-5-14-13(9)16-8-11/h2-8H,1H3,(H,14,16). The van der Waals surface area contributed by atoms with Crippen molar-refractivity contribution in [1.29, 1.82) is 0 Å². The van der Waals surface area contributed by atoms with E-state index in [-0.39, 0.29) is 0 Å². The van der Waals surface area contributed by atoms with Crippen LogP contribution < -0.4 is 4.74 Å². The summed E-state index contributed by atoms with van der Waals surface area (Å²) in [4.78, 5) is 11.6. The predicted molar refractivity (Wildman–Crippen MR) is 65.9 cm³/mol. The second-order valence-corrected chi connectivity index (χ2v) is 3.73. The van der Waals surface area contributed by atoms with E-state index in [4.69, 9.17) is 4.74 Å². The molecule has 0 fully saturated rings. The Morgan fingerprint density at radius 3 is 2.71 bits per heavy atom. The van der Waals surface area contributed by atoms with Crippen LogP contribution in [-0.4, -0.2) is 22.1 Å². The largest absolute Gasteiger partial charge is 0.481 e. The van der Waals surface area contributed by atoms with Gasteiger partial charge in [-0.2, -0.15) is 0 Å². The summed E-state index contributed by atoms with van der Waals surface area (Å²) in [5.41, 5.74) is 2.98. The molecule has 4 heteroatoms. The highest BCUT2D eigenvalue weighted by Crippen LogP contribution is 2.22. The van der Waals surface area contributed by atoms with Gasteiger partial charge in [0, 0.05) is 41.2 Å². The Hall–Kier alpha value is -2.36. The van der Waals surface area contributed by atoms with Crippen LogP contribution in [0.5, 0.6) is 5.88 Å². The first-order valence-electron chi connectivity index (χ1n) is 5.30. The Balaban J connectivity index is 2.06. The molecule has 0 aliphatic rings. The predicted octanol–water partition coefficient (Wildman–Crippen LogP) is 2.63. The molecule has 1 N–H and O–H groups in total. The van der Waals surface area contributed by atoms with Gasteiger partial charge in [0.1, 0.15) is 5.65 Å².